The van der Waals surface area contributed by atoms with E-state index >= 15 is 0 Å². The fourth-order valence-corrected chi connectivity index (χ4v) is 2.01. The number of aromatic amines is 1. The molecule has 6 heteroatoms. The highest BCUT2D eigenvalue weighted by atomic mass is 35.5. The Bertz CT molecular complexity index is 720. The molecule has 108 valence electrons. The molecule has 1 heterocycles. The summed E-state index contributed by atoms with van der Waals surface area (Å²) in [5, 5.41) is 12.0. The Balaban J connectivity index is 0.00000161. The quantitative estimate of drug-likeness (QED) is 0.691. The average Bonchev–Trinajstić information content (AvgIpc) is 2.88. The molecule has 3 aromatic rings. The summed E-state index contributed by atoms with van der Waals surface area (Å²) in [4.78, 5) is 18.4. The molecule has 21 heavy (non-hydrogen) atoms. The molecule has 0 saturated heterocycles. The van der Waals surface area contributed by atoms with E-state index in [0.717, 1.165) is 22.5 Å². The largest absolute Gasteiger partial charge is 0.478 e. The van der Waals surface area contributed by atoms with Crippen molar-refractivity contribution in [3.63, 3.8) is 0 Å². The SMILES string of the molecule is Cl.O=C(O)c1ccc(NCc2nc3ccccc3[nH]2)cc1. The van der Waals surface area contributed by atoms with E-state index in [2.05, 4.69) is 15.3 Å². The number of aromatic carboxylic acids is 1. The van der Waals surface area contributed by atoms with Gasteiger partial charge in [-0.1, -0.05) is 12.1 Å². The standard InChI is InChI=1S/C15H13N3O2.ClH/c19-15(20)10-5-7-11(8-6-10)16-9-14-17-12-3-1-2-4-13(12)18-14;/h1-8,16H,9H2,(H,17,18)(H,19,20);1H. The first-order valence-corrected chi connectivity index (χ1v) is 6.23. The number of imidazole rings is 1. The highest BCUT2D eigenvalue weighted by Gasteiger charge is 2.03. The number of fused-ring (bicyclic) bond motifs is 1. The summed E-state index contributed by atoms with van der Waals surface area (Å²) >= 11 is 0. The molecule has 2 aromatic carbocycles. The van der Waals surface area contributed by atoms with Crippen LogP contribution in [0.1, 0.15) is 16.2 Å². The molecule has 1 aromatic heterocycles. The number of halogens is 1. The summed E-state index contributed by atoms with van der Waals surface area (Å²) in [6.07, 6.45) is 0. The monoisotopic (exact) mass is 303 g/mol. The van der Waals surface area contributed by atoms with E-state index in [4.69, 9.17) is 5.11 Å². The number of benzene rings is 2. The molecule has 0 bridgehead atoms. The molecule has 3 rings (SSSR count). The predicted molar refractivity (Wildman–Crippen MR) is 84.1 cm³/mol. The Morgan fingerprint density at radius 3 is 2.52 bits per heavy atom. The van der Waals surface area contributed by atoms with Gasteiger partial charge in [-0.25, -0.2) is 9.78 Å². The molecule has 0 aliphatic heterocycles. The number of carbonyl (C=O) groups is 1. The summed E-state index contributed by atoms with van der Waals surface area (Å²) in [6.45, 7) is 0.557. The Kier molecular flexibility index (Phi) is 4.45. The maximum atomic E-state index is 10.8. The first-order chi connectivity index (χ1) is 9.72. The zero-order valence-corrected chi connectivity index (χ0v) is 11.9. The van der Waals surface area contributed by atoms with Gasteiger partial charge < -0.3 is 15.4 Å². The number of para-hydroxylation sites is 2. The number of hydrogen-bond acceptors (Lipinski definition) is 3. The molecule has 0 unspecified atom stereocenters. The van der Waals surface area contributed by atoms with E-state index in [0.29, 0.717) is 6.54 Å². The van der Waals surface area contributed by atoms with Gasteiger partial charge in [-0.3, -0.25) is 0 Å². The van der Waals surface area contributed by atoms with E-state index in [1.54, 1.807) is 24.3 Å². The lowest BCUT2D eigenvalue weighted by Gasteiger charge is -2.04. The summed E-state index contributed by atoms with van der Waals surface area (Å²) in [5.74, 6) is -0.0812. The third-order valence-corrected chi connectivity index (χ3v) is 3.03. The van der Waals surface area contributed by atoms with Gasteiger partial charge in [0, 0.05) is 5.69 Å². The van der Waals surface area contributed by atoms with Crippen molar-refractivity contribution in [3.8, 4) is 0 Å². The predicted octanol–water partition coefficient (Wildman–Crippen LogP) is 3.30. The van der Waals surface area contributed by atoms with E-state index in [-0.39, 0.29) is 18.0 Å². The maximum absolute atomic E-state index is 10.8. The zero-order valence-electron chi connectivity index (χ0n) is 11.0. The van der Waals surface area contributed by atoms with Crippen LogP contribution in [0.5, 0.6) is 0 Å². The van der Waals surface area contributed by atoms with Gasteiger partial charge >= 0.3 is 5.97 Å². The van der Waals surface area contributed by atoms with Crippen molar-refractivity contribution in [2.24, 2.45) is 0 Å². The van der Waals surface area contributed by atoms with E-state index < -0.39 is 5.97 Å². The maximum Gasteiger partial charge on any atom is 0.335 e. The number of aromatic nitrogens is 2. The fourth-order valence-electron chi connectivity index (χ4n) is 2.01. The molecule has 0 radical (unpaired) electrons. The topological polar surface area (TPSA) is 78.0 Å². The van der Waals surface area contributed by atoms with Crippen LogP contribution >= 0.6 is 12.4 Å². The van der Waals surface area contributed by atoms with Gasteiger partial charge in [0.05, 0.1) is 23.1 Å². The minimum atomic E-state index is -0.922. The van der Waals surface area contributed by atoms with Gasteiger partial charge in [0.25, 0.3) is 0 Å². The van der Waals surface area contributed by atoms with Crippen LogP contribution in [-0.4, -0.2) is 21.0 Å². The molecule has 0 atom stereocenters. The number of H-pyrrole nitrogens is 1. The number of carboxylic acid groups (broad SMARTS) is 1. The second-order valence-electron chi connectivity index (χ2n) is 4.44. The number of nitrogens with zero attached hydrogens (tertiary/aromatic N) is 1. The average molecular weight is 304 g/mol. The van der Waals surface area contributed by atoms with Gasteiger partial charge in [-0.05, 0) is 36.4 Å². The molecule has 0 amide bonds. The van der Waals surface area contributed by atoms with E-state index in [1.165, 1.54) is 0 Å². The number of hydrogen-bond donors (Lipinski definition) is 3. The van der Waals surface area contributed by atoms with Crippen LogP contribution in [0.4, 0.5) is 5.69 Å². The lowest BCUT2D eigenvalue weighted by Crippen LogP contribution is -2.02. The second kappa shape index (κ2) is 6.28. The normalized spacial score (nSPS) is 10.1. The van der Waals surface area contributed by atoms with Crippen LogP contribution in [0.15, 0.2) is 48.5 Å². The Labute approximate surface area is 127 Å². The Morgan fingerprint density at radius 1 is 1.14 bits per heavy atom. The molecular weight excluding hydrogens is 290 g/mol. The van der Waals surface area contributed by atoms with Crippen molar-refractivity contribution in [2.75, 3.05) is 5.32 Å². The molecule has 3 N–H and O–H groups in total. The third-order valence-electron chi connectivity index (χ3n) is 3.03. The van der Waals surface area contributed by atoms with Crippen molar-refractivity contribution in [2.45, 2.75) is 6.54 Å². The lowest BCUT2D eigenvalue weighted by atomic mass is 10.2. The van der Waals surface area contributed by atoms with Crippen LogP contribution in [0.25, 0.3) is 11.0 Å². The molecular formula is C15H14ClN3O2. The van der Waals surface area contributed by atoms with Gasteiger partial charge in [-0.2, -0.15) is 0 Å². The van der Waals surface area contributed by atoms with Crippen molar-refractivity contribution in [1.82, 2.24) is 9.97 Å². The van der Waals surface area contributed by atoms with Gasteiger partial charge in [0.2, 0.25) is 0 Å². The number of rotatable bonds is 4. The van der Waals surface area contributed by atoms with Crippen molar-refractivity contribution in [1.29, 1.82) is 0 Å². The fraction of sp³-hybridized carbons (Fsp3) is 0.0667. The number of nitrogens with one attached hydrogen (secondary N) is 2. The minimum absolute atomic E-state index is 0. The van der Waals surface area contributed by atoms with Crippen LogP contribution in [0, 0.1) is 0 Å². The first-order valence-electron chi connectivity index (χ1n) is 6.23. The van der Waals surface area contributed by atoms with E-state index in [1.807, 2.05) is 24.3 Å². The molecule has 0 saturated carbocycles. The van der Waals surface area contributed by atoms with Crippen molar-refractivity contribution >= 4 is 35.1 Å². The number of anilines is 1. The van der Waals surface area contributed by atoms with Crippen molar-refractivity contribution in [3.05, 3.63) is 59.9 Å². The summed E-state index contributed by atoms with van der Waals surface area (Å²) in [5.41, 5.74) is 3.07. The minimum Gasteiger partial charge on any atom is -0.478 e. The summed E-state index contributed by atoms with van der Waals surface area (Å²) < 4.78 is 0. The highest BCUT2D eigenvalue weighted by molar-refractivity contribution is 5.88. The van der Waals surface area contributed by atoms with E-state index in [9.17, 15) is 4.79 Å². The summed E-state index contributed by atoms with van der Waals surface area (Å²) in [7, 11) is 0. The molecule has 0 aliphatic rings. The van der Waals surface area contributed by atoms with Gasteiger partial charge in [-0.15, -0.1) is 12.4 Å². The van der Waals surface area contributed by atoms with Crippen LogP contribution in [0.2, 0.25) is 0 Å². The van der Waals surface area contributed by atoms with Crippen LogP contribution < -0.4 is 5.32 Å². The smallest absolute Gasteiger partial charge is 0.335 e. The number of carboxylic acids is 1. The first kappa shape index (κ1) is 14.9. The van der Waals surface area contributed by atoms with Gasteiger partial charge in [0.1, 0.15) is 5.82 Å². The Hall–Kier alpha value is -2.53. The summed E-state index contributed by atoms with van der Waals surface area (Å²) in [6, 6.07) is 14.5. The molecule has 0 aliphatic carbocycles. The molecule has 5 nitrogen and oxygen atoms in total. The molecule has 0 spiro atoms. The van der Waals surface area contributed by atoms with Gasteiger partial charge in [0.15, 0.2) is 0 Å². The van der Waals surface area contributed by atoms with Crippen LogP contribution in [-0.2, 0) is 6.54 Å². The highest BCUT2D eigenvalue weighted by Crippen LogP contribution is 2.13. The van der Waals surface area contributed by atoms with Crippen molar-refractivity contribution < 1.29 is 9.90 Å². The third kappa shape index (κ3) is 3.32. The lowest BCUT2D eigenvalue weighted by molar-refractivity contribution is 0.0697. The zero-order chi connectivity index (χ0) is 13.9. The second-order valence-corrected chi connectivity index (χ2v) is 4.44. The molecule has 0 fully saturated rings. The van der Waals surface area contributed by atoms with Crippen LogP contribution in [0.3, 0.4) is 0 Å². The Morgan fingerprint density at radius 2 is 1.86 bits per heavy atom.